The molecule has 2 nitrogen and oxygen atoms in total. The van der Waals surface area contributed by atoms with E-state index in [0.717, 1.165) is 12.4 Å². The molecule has 0 amide bonds. The fourth-order valence-electron chi connectivity index (χ4n) is 2.14. The molecule has 1 aliphatic rings. The van der Waals surface area contributed by atoms with Gasteiger partial charge in [-0.25, -0.2) is 0 Å². The van der Waals surface area contributed by atoms with Crippen molar-refractivity contribution in [3.63, 3.8) is 0 Å². The van der Waals surface area contributed by atoms with E-state index < -0.39 is 0 Å². The normalized spacial score (nSPS) is 18.9. The maximum Gasteiger partial charge on any atom is 0.124 e. The maximum atomic E-state index is 5.65. The summed E-state index contributed by atoms with van der Waals surface area (Å²) in [6, 6.07) is 13.1. The summed E-state index contributed by atoms with van der Waals surface area (Å²) in [5, 5.41) is 5.78. The smallest absolute Gasteiger partial charge is 0.124 e. The van der Waals surface area contributed by atoms with Gasteiger partial charge in [-0.2, -0.15) is 0 Å². The van der Waals surface area contributed by atoms with Crippen molar-refractivity contribution >= 4 is 10.8 Å². The molecule has 0 fully saturated rings. The molecule has 2 aromatic carbocycles. The van der Waals surface area contributed by atoms with Crippen LogP contribution in [0.25, 0.3) is 10.8 Å². The van der Waals surface area contributed by atoms with Gasteiger partial charge in [0, 0.05) is 5.56 Å². The van der Waals surface area contributed by atoms with E-state index in [1.165, 1.54) is 16.3 Å². The number of nitrogens with one attached hydrogen (secondary N) is 1. The lowest BCUT2D eigenvalue weighted by Gasteiger charge is -2.07. The fraction of sp³-hybridized carbons (Fsp3) is 0.231. The predicted molar refractivity (Wildman–Crippen MR) is 61.2 cm³/mol. The average Bonchev–Trinajstić information content (AvgIpc) is 2.68. The number of ether oxygens (including phenoxy) is 1. The molecular weight excluding hydrogens is 186 g/mol. The van der Waals surface area contributed by atoms with Crippen molar-refractivity contribution < 1.29 is 4.74 Å². The van der Waals surface area contributed by atoms with Gasteiger partial charge in [0.05, 0.1) is 6.04 Å². The highest BCUT2D eigenvalue weighted by Crippen LogP contribution is 2.35. The molecule has 2 aromatic rings. The van der Waals surface area contributed by atoms with Crippen LogP contribution in [0.1, 0.15) is 11.6 Å². The number of benzene rings is 2. The van der Waals surface area contributed by atoms with Gasteiger partial charge < -0.3 is 10.1 Å². The third-order valence-electron chi connectivity index (χ3n) is 3.01. The molecule has 0 saturated carbocycles. The topological polar surface area (TPSA) is 21.3 Å². The van der Waals surface area contributed by atoms with Gasteiger partial charge in [-0.05, 0) is 30.0 Å². The molecule has 1 N–H and O–H groups in total. The van der Waals surface area contributed by atoms with E-state index in [-0.39, 0.29) is 0 Å². The van der Waals surface area contributed by atoms with Crippen LogP contribution in [0.2, 0.25) is 0 Å². The minimum atomic E-state index is 0.338. The molecule has 0 bridgehead atoms. The van der Waals surface area contributed by atoms with Crippen LogP contribution in [0.5, 0.6) is 5.75 Å². The quantitative estimate of drug-likeness (QED) is 0.762. The molecule has 3 rings (SSSR count). The number of likely N-dealkylation sites (N-methyl/N-ethyl adjacent to an activating group) is 1. The van der Waals surface area contributed by atoms with Gasteiger partial charge in [-0.3, -0.25) is 0 Å². The lowest BCUT2D eigenvalue weighted by atomic mass is 10.0. The highest BCUT2D eigenvalue weighted by molar-refractivity contribution is 5.85. The number of hydrogen-bond donors (Lipinski definition) is 1. The zero-order valence-electron chi connectivity index (χ0n) is 8.66. The summed E-state index contributed by atoms with van der Waals surface area (Å²) in [7, 11) is 1.97. The van der Waals surface area contributed by atoms with Gasteiger partial charge in [0.25, 0.3) is 0 Å². The third-order valence-corrected chi connectivity index (χ3v) is 3.01. The van der Waals surface area contributed by atoms with Gasteiger partial charge >= 0.3 is 0 Å². The Morgan fingerprint density at radius 3 is 2.67 bits per heavy atom. The van der Waals surface area contributed by atoms with E-state index in [0.29, 0.717) is 6.04 Å². The van der Waals surface area contributed by atoms with E-state index in [4.69, 9.17) is 4.74 Å². The number of fused-ring (bicyclic) bond motifs is 2. The molecule has 0 aliphatic carbocycles. The van der Waals surface area contributed by atoms with Gasteiger partial charge in [0.15, 0.2) is 0 Å². The Bertz CT molecular complexity index is 507. The summed E-state index contributed by atoms with van der Waals surface area (Å²) in [6.45, 7) is 0.738. The minimum absolute atomic E-state index is 0.338. The molecule has 1 aliphatic heterocycles. The predicted octanol–water partition coefficient (Wildman–Crippen LogP) is 2.49. The standard InChI is InChI=1S/C13H13NO/c1-14-12-8-15-13-7-10-5-3-2-4-9(10)6-11(12)13/h2-7,12,14H,8H2,1H3. The van der Waals surface area contributed by atoms with Gasteiger partial charge in [0.1, 0.15) is 12.4 Å². The first kappa shape index (κ1) is 8.74. The zero-order chi connectivity index (χ0) is 10.3. The number of hydrogen-bond acceptors (Lipinski definition) is 2. The number of rotatable bonds is 1. The van der Waals surface area contributed by atoms with Crippen molar-refractivity contribution in [3.05, 3.63) is 42.0 Å². The Morgan fingerprint density at radius 1 is 1.20 bits per heavy atom. The summed E-state index contributed by atoms with van der Waals surface area (Å²) in [5.74, 6) is 1.02. The molecule has 1 heterocycles. The summed E-state index contributed by atoms with van der Waals surface area (Å²) in [4.78, 5) is 0. The van der Waals surface area contributed by atoms with Crippen LogP contribution in [-0.4, -0.2) is 13.7 Å². The second-order valence-electron chi connectivity index (χ2n) is 3.89. The lowest BCUT2D eigenvalue weighted by Crippen LogP contribution is -2.17. The Hall–Kier alpha value is -1.54. The first-order chi connectivity index (χ1) is 7.38. The lowest BCUT2D eigenvalue weighted by molar-refractivity contribution is 0.318. The SMILES string of the molecule is CNC1COc2cc3ccccc3cc21. The van der Waals surface area contributed by atoms with Crippen molar-refractivity contribution in [1.29, 1.82) is 0 Å². The first-order valence-electron chi connectivity index (χ1n) is 5.21. The first-order valence-corrected chi connectivity index (χ1v) is 5.21. The van der Waals surface area contributed by atoms with E-state index in [9.17, 15) is 0 Å². The molecule has 0 aromatic heterocycles. The fourth-order valence-corrected chi connectivity index (χ4v) is 2.14. The Kier molecular flexibility index (Phi) is 1.89. The van der Waals surface area contributed by atoms with E-state index in [1.807, 2.05) is 7.05 Å². The van der Waals surface area contributed by atoms with Crippen LogP contribution in [0, 0.1) is 0 Å². The Labute approximate surface area is 88.9 Å². The van der Waals surface area contributed by atoms with Crippen LogP contribution in [0.3, 0.4) is 0 Å². The Morgan fingerprint density at radius 2 is 1.93 bits per heavy atom. The molecule has 15 heavy (non-hydrogen) atoms. The van der Waals surface area contributed by atoms with Crippen LogP contribution < -0.4 is 10.1 Å². The molecule has 1 atom stereocenters. The minimum Gasteiger partial charge on any atom is -0.491 e. The van der Waals surface area contributed by atoms with Crippen LogP contribution in [0.15, 0.2) is 36.4 Å². The van der Waals surface area contributed by atoms with Crippen molar-refractivity contribution in [2.75, 3.05) is 13.7 Å². The molecule has 0 saturated heterocycles. The van der Waals surface area contributed by atoms with Crippen molar-refractivity contribution in [2.45, 2.75) is 6.04 Å². The summed E-state index contributed by atoms with van der Waals surface area (Å²) < 4.78 is 5.65. The average molecular weight is 199 g/mol. The summed E-state index contributed by atoms with van der Waals surface area (Å²) in [6.07, 6.45) is 0. The molecule has 76 valence electrons. The maximum absolute atomic E-state index is 5.65. The molecule has 2 heteroatoms. The van der Waals surface area contributed by atoms with Crippen LogP contribution in [0.4, 0.5) is 0 Å². The van der Waals surface area contributed by atoms with Crippen LogP contribution in [-0.2, 0) is 0 Å². The zero-order valence-corrected chi connectivity index (χ0v) is 8.66. The largest absolute Gasteiger partial charge is 0.491 e. The molecule has 0 radical (unpaired) electrons. The van der Waals surface area contributed by atoms with E-state index in [2.05, 4.69) is 41.7 Å². The van der Waals surface area contributed by atoms with Crippen molar-refractivity contribution in [2.24, 2.45) is 0 Å². The van der Waals surface area contributed by atoms with Crippen molar-refractivity contribution in [3.8, 4) is 5.75 Å². The highest BCUT2D eigenvalue weighted by Gasteiger charge is 2.22. The van der Waals surface area contributed by atoms with Crippen molar-refractivity contribution in [1.82, 2.24) is 5.32 Å². The highest BCUT2D eigenvalue weighted by atomic mass is 16.5. The second-order valence-corrected chi connectivity index (χ2v) is 3.89. The van der Waals surface area contributed by atoms with E-state index >= 15 is 0 Å². The van der Waals surface area contributed by atoms with Gasteiger partial charge in [-0.1, -0.05) is 24.3 Å². The van der Waals surface area contributed by atoms with Crippen LogP contribution >= 0.6 is 0 Å². The monoisotopic (exact) mass is 199 g/mol. The van der Waals surface area contributed by atoms with Gasteiger partial charge in [-0.15, -0.1) is 0 Å². The van der Waals surface area contributed by atoms with Gasteiger partial charge in [0.2, 0.25) is 0 Å². The second kappa shape index (κ2) is 3.24. The molecule has 0 spiro atoms. The van der Waals surface area contributed by atoms with E-state index in [1.54, 1.807) is 0 Å². The third kappa shape index (κ3) is 1.29. The molecular formula is C13H13NO. The Balaban J connectivity index is 2.23. The summed E-state index contributed by atoms with van der Waals surface area (Å²) >= 11 is 0. The summed E-state index contributed by atoms with van der Waals surface area (Å²) in [5.41, 5.74) is 1.27. The molecule has 1 unspecified atom stereocenters.